The third-order valence-electron chi connectivity index (χ3n) is 9.70. The second-order valence-corrected chi connectivity index (χ2v) is 16.3. The normalized spacial score (nSPS) is 17.1. The minimum Gasteiger partial charge on any atom is -0.480 e. The Hall–Kier alpha value is -5.28. The Labute approximate surface area is 361 Å². The first-order chi connectivity index (χ1) is 28.7. The fourth-order valence-electron chi connectivity index (χ4n) is 6.42. The smallest absolute Gasteiger partial charge is 0.326 e. The number of nitrogens with two attached hydrogens (primary N) is 1. The summed E-state index contributed by atoms with van der Waals surface area (Å²) >= 11 is 4.10. The van der Waals surface area contributed by atoms with E-state index in [4.69, 9.17) is 5.73 Å². The number of aliphatic hydroxyl groups excluding tert-OH is 1. The van der Waals surface area contributed by atoms with Crippen molar-refractivity contribution in [3.05, 3.63) is 35.9 Å². The summed E-state index contributed by atoms with van der Waals surface area (Å²) in [6.07, 6.45) is 1.27. The van der Waals surface area contributed by atoms with E-state index >= 15 is 0 Å². The molecule has 1 saturated heterocycles. The number of carbonyl (C=O) groups excluding carboxylic acids is 8. The van der Waals surface area contributed by atoms with Gasteiger partial charge in [-0.1, -0.05) is 58.0 Å². The minimum absolute atomic E-state index is 0.000793. The third kappa shape index (κ3) is 17.3. The van der Waals surface area contributed by atoms with Gasteiger partial charge < -0.3 is 58.1 Å². The molecule has 0 radical (unpaired) electrons. The van der Waals surface area contributed by atoms with Gasteiger partial charge in [0.1, 0.15) is 42.3 Å². The van der Waals surface area contributed by atoms with Crippen molar-refractivity contribution in [2.45, 2.75) is 122 Å². The number of amides is 8. The summed E-state index contributed by atoms with van der Waals surface area (Å²) in [4.78, 5) is 117. The number of hydrogen-bond acceptors (Lipinski definition) is 12. The summed E-state index contributed by atoms with van der Waals surface area (Å²) in [7, 11) is 0. The zero-order valence-corrected chi connectivity index (χ0v) is 36.5. The molecular formula is C40H63N9O11S. The van der Waals surface area contributed by atoms with Crippen LogP contribution < -0.4 is 43.0 Å². The molecule has 0 spiro atoms. The molecule has 2 rings (SSSR count). The fraction of sp³-hybridized carbons (Fsp3) is 0.625. The molecule has 1 aromatic rings. The molecule has 11 N–H and O–H groups in total. The van der Waals surface area contributed by atoms with Gasteiger partial charge in [-0.15, -0.1) is 0 Å². The maximum atomic E-state index is 13.5. The molecule has 0 bridgehead atoms. The maximum Gasteiger partial charge on any atom is 0.326 e. The molecule has 0 unspecified atom stereocenters. The van der Waals surface area contributed by atoms with Crippen molar-refractivity contribution in [1.82, 2.24) is 42.1 Å². The zero-order valence-electron chi connectivity index (χ0n) is 35.6. The predicted molar refractivity (Wildman–Crippen MR) is 226 cm³/mol. The van der Waals surface area contributed by atoms with E-state index < -0.39 is 115 Å². The molecule has 0 aromatic heterocycles. The highest BCUT2D eigenvalue weighted by atomic mass is 32.1. The van der Waals surface area contributed by atoms with Gasteiger partial charge in [-0.3, -0.25) is 38.4 Å². The van der Waals surface area contributed by atoms with Crippen molar-refractivity contribution < 1.29 is 53.4 Å². The fourth-order valence-corrected chi connectivity index (χ4v) is 6.67. The average Bonchev–Trinajstić information content (AvgIpc) is 3.70. The van der Waals surface area contributed by atoms with Crippen molar-refractivity contribution in [3.8, 4) is 0 Å². The second-order valence-electron chi connectivity index (χ2n) is 15.9. The number of rotatable bonds is 24. The van der Waals surface area contributed by atoms with E-state index in [9.17, 15) is 53.4 Å². The summed E-state index contributed by atoms with van der Waals surface area (Å²) in [5, 5.41) is 36.9. The molecule has 340 valence electrons. The number of nitrogens with zero attached hydrogens (tertiary/aromatic N) is 1. The number of carboxylic acids is 1. The number of benzene rings is 1. The molecule has 1 aromatic carbocycles. The standard InChI is InChI=1S/C40H63N9O11S/c1-21(2)15-26(41)35(54)45-27(16-22(3)4)36(55)44-24(6)34(53)47-29(19-50)39(58)49-14-10-13-31(49)38(57)42-18-32(51)43-23(5)33(52)48-30(20-61)37(56)46-28(40(59)60)17-25-11-8-7-9-12-25/h7-9,11-12,21-24,26-31,50,61H,10,13-20,41H2,1-6H3,(H,42,57)(H,43,51)(H,44,55)(H,45,54)(H,46,56)(H,47,53)(H,48,52)(H,59,60)/t23-,24-,26-,27-,28-,29-,30-,31-/m0/s1. The Morgan fingerprint density at radius 1 is 0.721 bits per heavy atom. The van der Waals surface area contributed by atoms with E-state index in [1.54, 1.807) is 30.3 Å². The summed E-state index contributed by atoms with van der Waals surface area (Å²) < 4.78 is 0. The second kappa shape index (κ2) is 25.5. The molecule has 8 amide bonds. The Morgan fingerprint density at radius 2 is 1.26 bits per heavy atom. The van der Waals surface area contributed by atoms with Gasteiger partial charge in [-0.2, -0.15) is 12.6 Å². The predicted octanol–water partition coefficient (Wildman–Crippen LogP) is -2.29. The molecule has 1 heterocycles. The Kier molecular flexibility index (Phi) is 21.7. The molecule has 8 atom stereocenters. The monoisotopic (exact) mass is 877 g/mol. The number of aliphatic hydroxyl groups is 1. The van der Waals surface area contributed by atoms with E-state index in [0.29, 0.717) is 18.4 Å². The van der Waals surface area contributed by atoms with E-state index in [1.165, 1.54) is 18.7 Å². The van der Waals surface area contributed by atoms with E-state index in [2.05, 4.69) is 49.8 Å². The molecule has 21 heteroatoms. The van der Waals surface area contributed by atoms with Crippen LogP contribution in [0.2, 0.25) is 0 Å². The van der Waals surface area contributed by atoms with Crippen LogP contribution in [0.5, 0.6) is 0 Å². The lowest BCUT2D eigenvalue weighted by Crippen LogP contribution is -2.59. The van der Waals surface area contributed by atoms with Gasteiger partial charge in [-0.05, 0) is 56.9 Å². The lowest BCUT2D eigenvalue weighted by Gasteiger charge is -2.29. The topological polar surface area (TPSA) is 308 Å². The Balaban J connectivity index is 1.93. The van der Waals surface area contributed by atoms with Crippen LogP contribution in [-0.2, 0) is 49.6 Å². The van der Waals surface area contributed by atoms with Crippen molar-refractivity contribution in [1.29, 1.82) is 0 Å². The highest BCUT2D eigenvalue weighted by Gasteiger charge is 2.38. The molecule has 61 heavy (non-hydrogen) atoms. The van der Waals surface area contributed by atoms with Gasteiger partial charge in [0.2, 0.25) is 47.3 Å². The quantitative estimate of drug-likeness (QED) is 0.0490. The van der Waals surface area contributed by atoms with E-state index in [0.717, 1.165) is 0 Å². The van der Waals surface area contributed by atoms with Crippen LogP contribution in [0, 0.1) is 11.8 Å². The highest BCUT2D eigenvalue weighted by Crippen LogP contribution is 2.19. The number of thiol groups is 1. The first kappa shape index (κ1) is 51.9. The molecule has 20 nitrogen and oxygen atoms in total. The van der Waals surface area contributed by atoms with E-state index in [1.807, 2.05) is 27.7 Å². The Bertz CT molecular complexity index is 1700. The van der Waals surface area contributed by atoms with Crippen LogP contribution in [0.3, 0.4) is 0 Å². The highest BCUT2D eigenvalue weighted by molar-refractivity contribution is 7.80. The van der Waals surface area contributed by atoms with Gasteiger partial charge in [-0.25, -0.2) is 4.79 Å². The largest absolute Gasteiger partial charge is 0.480 e. The number of likely N-dealkylation sites (tertiary alicyclic amines) is 1. The number of aliphatic carboxylic acids is 1. The summed E-state index contributed by atoms with van der Waals surface area (Å²) in [6, 6.07) is -0.639. The number of carboxylic acid groups (broad SMARTS) is 1. The van der Waals surface area contributed by atoms with E-state index in [-0.39, 0.29) is 43.4 Å². The van der Waals surface area contributed by atoms with Crippen LogP contribution in [0.1, 0.15) is 72.8 Å². The first-order valence-corrected chi connectivity index (χ1v) is 20.9. The molecule has 1 aliphatic heterocycles. The van der Waals surface area contributed by atoms with Gasteiger partial charge in [0.15, 0.2) is 0 Å². The average molecular weight is 878 g/mol. The lowest BCUT2D eigenvalue weighted by molar-refractivity contribution is -0.143. The molecule has 1 aliphatic rings. The van der Waals surface area contributed by atoms with Crippen LogP contribution in [-0.4, -0.2) is 142 Å². The zero-order chi connectivity index (χ0) is 46.0. The first-order valence-electron chi connectivity index (χ1n) is 20.3. The number of hydrogen-bond donors (Lipinski definition) is 11. The SMILES string of the molecule is CC(C)C[C@H](NC(=O)[C@@H](N)CC(C)C)C(=O)N[C@@H](C)C(=O)N[C@@H](CO)C(=O)N1CCC[C@H]1C(=O)NCC(=O)N[C@@H](C)C(=O)N[C@@H](CS)C(=O)N[C@@H](Cc1ccccc1)C(=O)O. The molecular weight excluding hydrogens is 815 g/mol. The summed E-state index contributed by atoms with van der Waals surface area (Å²) in [5.74, 6) is -7.12. The maximum absolute atomic E-state index is 13.5. The molecule has 1 fully saturated rings. The van der Waals surface area contributed by atoms with Gasteiger partial charge in [0, 0.05) is 18.7 Å². The van der Waals surface area contributed by atoms with Gasteiger partial charge >= 0.3 is 5.97 Å². The van der Waals surface area contributed by atoms with Gasteiger partial charge in [0.25, 0.3) is 0 Å². The molecule has 0 aliphatic carbocycles. The minimum atomic E-state index is -1.48. The van der Waals surface area contributed by atoms with Crippen molar-refractivity contribution in [3.63, 3.8) is 0 Å². The van der Waals surface area contributed by atoms with Crippen LogP contribution in [0.15, 0.2) is 30.3 Å². The Morgan fingerprint density at radius 3 is 1.82 bits per heavy atom. The number of nitrogens with one attached hydrogen (secondary N) is 7. The molecule has 0 saturated carbocycles. The summed E-state index contributed by atoms with van der Waals surface area (Å²) in [6.45, 7) is 8.92. The lowest BCUT2D eigenvalue weighted by atomic mass is 10.0. The van der Waals surface area contributed by atoms with Gasteiger partial charge in [0.05, 0.1) is 19.2 Å². The van der Waals surface area contributed by atoms with Crippen molar-refractivity contribution in [2.75, 3.05) is 25.4 Å². The van der Waals surface area contributed by atoms with Crippen molar-refractivity contribution in [2.24, 2.45) is 17.6 Å². The van der Waals surface area contributed by atoms with Crippen LogP contribution in [0.25, 0.3) is 0 Å². The van der Waals surface area contributed by atoms with Crippen molar-refractivity contribution >= 4 is 65.9 Å². The summed E-state index contributed by atoms with van der Waals surface area (Å²) in [5.41, 5.74) is 6.66. The number of carbonyl (C=O) groups is 9. The van der Waals surface area contributed by atoms with Crippen LogP contribution >= 0.6 is 12.6 Å². The third-order valence-corrected chi connectivity index (χ3v) is 10.1. The van der Waals surface area contributed by atoms with Crippen LogP contribution in [0.4, 0.5) is 0 Å².